The maximum absolute atomic E-state index is 11.0. The van der Waals surface area contributed by atoms with Gasteiger partial charge in [0.15, 0.2) is 0 Å². The van der Waals surface area contributed by atoms with E-state index in [9.17, 15) is 15.2 Å². The summed E-state index contributed by atoms with van der Waals surface area (Å²) in [6, 6.07) is 12.6. The summed E-state index contributed by atoms with van der Waals surface area (Å²) < 4.78 is 0. The van der Waals surface area contributed by atoms with Crippen LogP contribution in [-0.4, -0.2) is 16.1 Å². The lowest BCUT2D eigenvalue weighted by Gasteiger charge is -2.19. The molecule has 118 valence electrons. The lowest BCUT2D eigenvalue weighted by molar-refractivity contribution is -0.385. The van der Waals surface area contributed by atoms with Crippen molar-refractivity contribution in [1.82, 2.24) is 0 Å². The number of nitro benzene ring substituents is 1. The van der Waals surface area contributed by atoms with Gasteiger partial charge >= 0.3 is 0 Å². The molecule has 0 aromatic heterocycles. The van der Waals surface area contributed by atoms with E-state index in [1.54, 1.807) is 0 Å². The van der Waals surface area contributed by atoms with Gasteiger partial charge in [-0.2, -0.15) is 0 Å². The molecule has 3 N–H and O–H groups in total. The molecule has 0 fully saturated rings. The first-order valence-corrected chi connectivity index (χ1v) is 6.78. The van der Waals surface area contributed by atoms with Gasteiger partial charge in [0.25, 0.3) is 5.69 Å². The van der Waals surface area contributed by atoms with Gasteiger partial charge in [-0.3, -0.25) is 10.1 Å². The van der Waals surface area contributed by atoms with Gasteiger partial charge in [-0.1, -0.05) is 41.9 Å². The number of nitrogens with zero attached hydrogens (tertiary/aromatic N) is 1. The van der Waals surface area contributed by atoms with E-state index in [2.05, 4.69) is 0 Å². The van der Waals surface area contributed by atoms with Crippen molar-refractivity contribution in [3.8, 4) is 0 Å². The Morgan fingerprint density at radius 3 is 2.45 bits per heavy atom. The Bertz CT molecular complexity index is 638. The standard InChI is InChI=1S/C15H15ClN2O3.ClH/c16-11-6-7-13(18(20)21)12(9-11)15(17)14(19)8-10-4-2-1-3-5-10;/h1-7,9,14-15,19H,8,17H2;1H/t14-,15+;/m1./s1. The number of aliphatic hydroxyl groups excluding tert-OH is 1. The molecule has 0 bridgehead atoms. The summed E-state index contributed by atoms with van der Waals surface area (Å²) in [5, 5.41) is 21.6. The fourth-order valence-corrected chi connectivity index (χ4v) is 2.33. The second kappa shape index (κ2) is 8.10. The van der Waals surface area contributed by atoms with Crippen LogP contribution >= 0.6 is 24.0 Å². The Kier molecular flexibility index (Phi) is 6.77. The van der Waals surface area contributed by atoms with E-state index in [0.29, 0.717) is 11.4 Å². The Hall–Kier alpha value is -1.66. The second-order valence-corrected chi connectivity index (χ2v) is 5.18. The van der Waals surface area contributed by atoms with Gasteiger partial charge in [0.2, 0.25) is 0 Å². The van der Waals surface area contributed by atoms with E-state index >= 15 is 0 Å². The summed E-state index contributed by atoms with van der Waals surface area (Å²) in [6.45, 7) is 0. The SMILES string of the molecule is Cl.N[C@@H](c1cc(Cl)ccc1[N+](=O)[O-])[C@H](O)Cc1ccccc1. The molecule has 0 saturated heterocycles. The van der Waals surface area contributed by atoms with Gasteiger partial charge in [-0.05, 0) is 17.7 Å². The summed E-state index contributed by atoms with van der Waals surface area (Å²) in [5.74, 6) is 0. The smallest absolute Gasteiger partial charge is 0.274 e. The molecule has 0 heterocycles. The highest BCUT2D eigenvalue weighted by atomic mass is 35.5. The number of nitrogens with two attached hydrogens (primary N) is 1. The Morgan fingerprint density at radius 1 is 1.23 bits per heavy atom. The zero-order valence-electron chi connectivity index (χ0n) is 11.6. The molecule has 0 aliphatic rings. The maximum Gasteiger partial charge on any atom is 0.274 e. The van der Waals surface area contributed by atoms with Crippen LogP contribution < -0.4 is 5.73 Å². The normalized spacial score (nSPS) is 13.0. The molecule has 2 rings (SSSR count). The van der Waals surface area contributed by atoms with E-state index in [1.165, 1.54) is 18.2 Å². The van der Waals surface area contributed by atoms with Crippen molar-refractivity contribution in [2.75, 3.05) is 0 Å². The van der Waals surface area contributed by atoms with Gasteiger partial charge in [-0.25, -0.2) is 0 Å². The largest absolute Gasteiger partial charge is 0.391 e. The summed E-state index contributed by atoms with van der Waals surface area (Å²) in [4.78, 5) is 10.5. The zero-order valence-corrected chi connectivity index (χ0v) is 13.1. The molecule has 2 aromatic rings. The van der Waals surface area contributed by atoms with E-state index in [4.69, 9.17) is 17.3 Å². The van der Waals surface area contributed by atoms with Crippen LogP contribution in [0.5, 0.6) is 0 Å². The van der Waals surface area contributed by atoms with Crippen molar-refractivity contribution in [2.24, 2.45) is 5.73 Å². The molecule has 0 radical (unpaired) electrons. The van der Waals surface area contributed by atoms with Gasteiger partial charge in [0.05, 0.1) is 22.6 Å². The molecule has 0 unspecified atom stereocenters. The lowest BCUT2D eigenvalue weighted by atomic mass is 9.96. The number of hydrogen-bond donors (Lipinski definition) is 2. The number of rotatable bonds is 5. The van der Waals surface area contributed by atoms with Crippen LogP contribution in [0, 0.1) is 10.1 Å². The van der Waals surface area contributed by atoms with Crippen LogP contribution in [0.15, 0.2) is 48.5 Å². The predicted octanol–water partition coefficient (Wildman–Crippen LogP) is 3.27. The molecule has 2 aromatic carbocycles. The molecule has 0 aliphatic carbocycles. The number of benzene rings is 2. The summed E-state index contributed by atoms with van der Waals surface area (Å²) in [5.41, 5.74) is 6.98. The predicted molar refractivity (Wildman–Crippen MR) is 88.4 cm³/mol. The van der Waals surface area contributed by atoms with Crippen LogP contribution in [0.25, 0.3) is 0 Å². The van der Waals surface area contributed by atoms with Crippen LogP contribution in [-0.2, 0) is 6.42 Å². The average molecular weight is 343 g/mol. The molecular weight excluding hydrogens is 327 g/mol. The molecule has 2 atom stereocenters. The van der Waals surface area contributed by atoms with Crippen LogP contribution in [0.2, 0.25) is 5.02 Å². The molecule has 0 saturated carbocycles. The number of aliphatic hydroxyl groups is 1. The Balaban J connectivity index is 0.00000242. The van der Waals surface area contributed by atoms with E-state index < -0.39 is 17.1 Å². The Labute approximate surface area is 139 Å². The highest BCUT2D eigenvalue weighted by Crippen LogP contribution is 2.29. The summed E-state index contributed by atoms with van der Waals surface area (Å²) in [7, 11) is 0. The molecular formula is C15H16Cl2N2O3. The second-order valence-electron chi connectivity index (χ2n) is 4.74. The number of halogens is 2. The van der Waals surface area contributed by atoms with E-state index in [1.807, 2.05) is 30.3 Å². The van der Waals surface area contributed by atoms with Crippen molar-refractivity contribution in [2.45, 2.75) is 18.6 Å². The van der Waals surface area contributed by atoms with Crippen molar-refractivity contribution in [1.29, 1.82) is 0 Å². The third kappa shape index (κ3) is 4.42. The van der Waals surface area contributed by atoms with Crippen LogP contribution in [0.3, 0.4) is 0 Å². The molecule has 5 nitrogen and oxygen atoms in total. The fraction of sp³-hybridized carbons (Fsp3) is 0.200. The summed E-state index contributed by atoms with van der Waals surface area (Å²) >= 11 is 5.87. The first-order valence-electron chi connectivity index (χ1n) is 6.40. The monoisotopic (exact) mass is 342 g/mol. The maximum atomic E-state index is 11.0. The van der Waals surface area contributed by atoms with Gasteiger partial charge in [0.1, 0.15) is 0 Å². The number of nitro groups is 1. The van der Waals surface area contributed by atoms with E-state index in [-0.39, 0.29) is 23.7 Å². The van der Waals surface area contributed by atoms with Crippen molar-refractivity contribution < 1.29 is 10.0 Å². The van der Waals surface area contributed by atoms with Gasteiger partial charge in [0, 0.05) is 17.5 Å². The first kappa shape index (κ1) is 18.4. The third-order valence-electron chi connectivity index (χ3n) is 3.25. The molecule has 0 spiro atoms. The highest BCUT2D eigenvalue weighted by molar-refractivity contribution is 6.30. The average Bonchev–Trinajstić information content (AvgIpc) is 2.47. The fourth-order valence-electron chi connectivity index (χ4n) is 2.15. The van der Waals surface area contributed by atoms with Crippen molar-refractivity contribution >= 4 is 29.7 Å². The van der Waals surface area contributed by atoms with Crippen molar-refractivity contribution in [3.63, 3.8) is 0 Å². The first-order chi connectivity index (χ1) is 9.99. The minimum Gasteiger partial charge on any atom is -0.391 e. The lowest BCUT2D eigenvalue weighted by Crippen LogP contribution is -2.28. The minimum atomic E-state index is -0.940. The molecule has 7 heteroatoms. The number of hydrogen-bond acceptors (Lipinski definition) is 4. The van der Waals surface area contributed by atoms with Crippen LogP contribution in [0.1, 0.15) is 17.2 Å². The summed E-state index contributed by atoms with van der Waals surface area (Å²) in [6.07, 6.45) is -0.629. The molecule has 22 heavy (non-hydrogen) atoms. The van der Waals surface area contributed by atoms with Crippen LogP contribution in [0.4, 0.5) is 5.69 Å². The quantitative estimate of drug-likeness (QED) is 0.644. The molecule has 0 aliphatic heterocycles. The highest BCUT2D eigenvalue weighted by Gasteiger charge is 2.25. The van der Waals surface area contributed by atoms with Crippen molar-refractivity contribution in [3.05, 3.63) is 74.8 Å². The topological polar surface area (TPSA) is 89.4 Å². The minimum absolute atomic E-state index is 0. The van der Waals surface area contributed by atoms with E-state index in [0.717, 1.165) is 5.56 Å². The van der Waals surface area contributed by atoms with Gasteiger partial charge in [-0.15, -0.1) is 12.4 Å². The molecule has 0 amide bonds. The third-order valence-corrected chi connectivity index (χ3v) is 3.48. The Morgan fingerprint density at radius 2 is 1.86 bits per heavy atom. The van der Waals surface area contributed by atoms with Gasteiger partial charge < -0.3 is 10.8 Å². The zero-order chi connectivity index (χ0) is 15.4.